The molecular weight excluding hydrogens is 509 g/mol. The fourth-order valence-corrected chi connectivity index (χ4v) is 5.61. The van der Waals surface area contributed by atoms with Crippen LogP contribution >= 0.6 is 24.0 Å². The number of nitrogens with one attached hydrogen (secondary N) is 2. The van der Waals surface area contributed by atoms with Crippen molar-refractivity contribution in [2.75, 3.05) is 53.0 Å². The molecule has 1 saturated carbocycles. The van der Waals surface area contributed by atoms with Crippen LogP contribution in [-0.4, -0.2) is 86.6 Å². The van der Waals surface area contributed by atoms with E-state index >= 15 is 0 Å². The number of aliphatic imine (C=N–C) groups is 1. The van der Waals surface area contributed by atoms with Gasteiger partial charge in [-0.2, -0.15) is 0 Å². The molecule has 2 bridgehead atoms. The zero-order valence-electron chi connectivity index (χ0n) is 18.6. The van der Waals surface area contributed by atoms with Crippen LogP contribution in [0.25, 0.3) is 0 Å². The molecule has 2 aliphatic carbocycles. The molecule has 2 saturated heterocycles. The topological polar surface area (TPSA) is 86.3 Å². The molecule has 5 atom stereocenters. The Kier molecular flexibility index (Phi) is 8.74. The minimum Gasteiger partial charge on any atom is -0.383 e. The second kappa shape index (κ2) is 11.1. The third-order valence-corrected chi connectivity index (χ3v) is 7.08. The molecule has 8 nitrogen and oxygen atoms in total. The molecule has 0 aromatic carbocycles. The summed E-state index contributed by atoms with van der Waals surface area (Å²) in [5.41, 5.74) is 0. The van der Waals surface area contributed by atoms with Gasteiger partial charge in [-0.25, -0.2) is 0 Å². The fourth-order valence-electron chi connectivity index (χ4n) is 5.61. The summed E-state index contributed by atoms with van der Waals surface area (Å²) in [5.74, 6) is 1.08. The maximum Gasteiger partial charge on any atom is 0.233 e. The minimum absolute atomic E-state index is 0. The normalized spacial score (nSPS) is 32.0. The van der Waals surface area contributed by atoms with Gasteiger partial charge in [0.1, 0.15) is 0 Å². The summed E-state index contributed by atoms with van der Waals surface area (Å²) in [6.45, 7) is 7.25. The fraction of sp³-hybridized carbons (Fsp3) is 0.773. The highest BCUT2D eigenvalue weighted by molar-refractivity contribution is 14.0. The number of ether oxygens (including phenoxy) is 1. The SMILES string of the molecule is CCNC(=NCC1CCCN1CCOC)NCCN1C(=O)C2C3C=CC(C3)C2C1=O.I. The molecule has 174 valence electrons. The third-order valence-electron chi connectivity index (χ3n) is 7.08. The van der Waals surface area contributed by atoms with E-state index in [1.165, 1.54) is 11.3 Å². The zero-order chi connectivity index (χ0) is 21.1. The van der Waals surface area contributed by atoms with Crippen LogP contribution in [0.1, 0.15) is 26.2 Å². The molecule has 5 unspecified atom stereocenters. The van der Waals surface area contributed by atoms with Crippen molar-refractivity contribution in [3.05, 3.63) is 12.2 Å². The van der Waals surface area contributed by atoms with Gasteiger partial charge in [0.05, 0.1) is 25.0 Å². The highest BCUT2D eigenvalue weighted by Crippen LogP contribution is 2.52. The molecule has 2 heterocycles. The smallest absolute Gasteiger partial charge is 0.233 e. The van der Waals surface area contributed by atoms with E-state index in [9.17, 15) is 9.59 Å². The lowest BCUT2D eigenvalue weighted by atomic mass is 9.85. The van der Waals surface area contributed by atoms with Crippen molar-refractivity contribution in [1.29, 1.82) is 0 Å². The van der Waals surface area contributed by atoms with Crippen molar-refractivity contribution >= 4 is 41.8 Å². The first-order valence-electron chi connectivity index (χ1n) is 11.4. The first-order chi connectivity index (χ1) is 14.6. The number of hydrogen-bond donors (Lipinski definition) is 2. The molecule has 9 heteroatoms. The summed E-state index contributed by atoms with van der Waals surface area (Å²) in [5, 5.41) is 6.58. The van der Waals surface area contributed by atoms with Crippen LogP contribution < -0.4 is 10.6 Å². The van der Waals surface area contributed by atoms with Gasteiger partial charge in [0, 0.05) is 39.3 Å². The Bertz CT molecular complexity index is 685. The molecule has 0 spiro atoms. The molecule has 0 radical (unpaired) electrons. The summed E-state index contributed by atoms with van der Waals surface area (Å²) in [4.78, 5) is 34.3. The Balaban J connectivity index is 0.00000272. The van der Waals surface area contributed by atoms with Gasteiger partial charge in [-0.3, -0.25) is 24.4 Å². The molecule has 0 aromatic rings. The minimum atomic E-state index is -0.116. The Morgan fingerprint density at radius 2 is 1.87 bits per heavy atom. The maximum atomic E-state index is 12.8. The van der Waals surface area contributed by atoms with Gasteiger partial charge < -0.3 is 15.4 Å². The number of guanidine groups is 1. The highest BCUT2D eigenvalue weighted by Gasteiger charge is 2.58. The van der Waals surface area contributed by atoms with Gasteiger partial charge in [-0.15, -0.1) is 24.0 Å². The molecule has 2 N–H and O–H groups in total. The third kappa shape index (κ3) is 5.08. The predicted octanol–water partition coefficient (Wildman–Crippen LogP) is 1.08. The van der Waals surface area contributed by atoms with E-state index in [4.69, 9.17) is 9.73 Å². The van der Waals surface area contributed by atoms with Gasteiger partial charge in [-0.05, 0) is 44.6 Å². The Hall–Kier alpha value is -1.20. The van der Waals surface area contributed by atoms with Gasteiger partial charge in [-0.1, -0.05) is 12.2 Å². The number of carbonyl (C=O) groups is 2. The summed E-state index contributed by atoms with van der Waals surface area (Å²) in [6, 6.07) is 0.444. The summed E-state index contributed by atoms with van der Waals surface area (Å²) in [6.07, 6.45) is 7.59. The van der Waals surface area contributed by atoms with Crippen LogP contribution in [0.4, 0.5) is 0 Å². The number of carbonyl (C=O) groups excluding carboxylic acids is 2. The van der Waals surface area contributed by atoms with Crippen molar-refractivity contribution in [1.82, 2.24) is 20.4 Å². The van der Waals surface area contributed by atoms with E-state index < -0.39 is 0 Å². The van der Waals surface area contributed by atoms with E-state index in [0.29, 0.717) is 19.1 Å². The van der Waals surface area contributed by atoms with Crippen LogP contribution in [-0.2, 0) is 14.3 Å². The van der Waals surface area contributed by atoms with E-state index in [2.05, 4.69) is 27.7 Å². The second-order valence-corrected chi connectivity index (χ2v) is 8.80. The number of rotatable bonds is 9. The van der Waals surface area contributed by atoms with Crippen molar-refractivity contribution < 1.29 is 14.3 Å². The molecular formula is C22H36IN5O3. The van der Waals surface area contributed by atoms with E-state index in [0.717, 1.165) is 51.6 Å². The number of hydrogen-bond acceptors (Lipinski definition) is 5. The first-order valence-corrected chi connectivity index (χ1v) is 11.4. The van der Waals surface area contributed by atoms with Crippen LogP contribution in [0.5, 0.6) is 0 Å². The van der Waals surface area contributed by atoms with E-state index in [1.807, 2.05) is 6.92 Å². The molecule has 2 aliphatic heterocycles. The maximum absolute atomic E-state index is 12.8. The Morgan fingerprint density at radius 1 is 1.16 bits per heavy atom. The number of amides is 2. The van der Waals surface area contributed by atoms with Crippen LogP contribution in [0.15, 0.2) is 17.1 Å². The molecule has 2 amide bonds. The average molecular weight is 545 g/mol. The lowest BCUT2D eigenvalue weighted by molar-refractivity contribution is -0.140. The number of methoxy groups -OCH3 is 1. The van der Waals surface area contributed by atoms with Crippen molar-refractivity contribution in [3.63, 3.8) is 0 Å². The van der Waals surface area contributed by atoms with Crippen molar-refractivity contribution in [3.8, 4) is 0 Å². The second-order valence-electron chi connectivity index (χ2n) is 8.80. The monoisotopic (exact) mass is 545 g/mol. The van der Waals surface area contributed by atoms with Gasteiger partial charge >= 0.3 is 0 Å². The number of nitrogens with zero attached hydrogens (tertiary/aromatic N) is 3. The number of halogens is 1. The molecule has 4 aliphatic rings. The number of imide groups is 1. The summed E-state index contributed by atoms with van der Waals surface area (Å²) >= 11 is 0. The Morgan fingerprint density at radius 3 is 2.52 bits per heavy atom. The summed E-state index contributed by atoms with van der Waals surface area (Å²) in [7, 11) is 1.74. The van der Waals surface area contributed by atoms with Gasteiger partial charge in [0.25, 0.3) is 0 Å². The zero-order valence-corrected chi connectivity index (χ0v) is 20.9. The quantitative estimate of drug-likeness (QED) is 0.148. The lowest BCUT2D eigenvalue weighted by Crippen LogP contribution is -2.44. The van der Waals surface area contributed by atoms with Crippen LogP contribution in [0.2, 0.25) is 0 Å². The van der Waals surface area contributed by atoms with Crippen molar-refractivity contribution in [2.24, 2.45) is 28.7 Å². The number of fused-ring (bicyclic) bond motifs is 5. The summed E-state index contributed by atoms with van der Waals surface area (Å²) < 4.78 is 5.21. The van der Waals surface area contributed by atoms with Gasteiger partial charge in [0.15, 0.2) is 5.96 Å². The molecule has 0 aromatic heterocycles. The van der Waals surface area contributed by atoms with E-state index in [1.54, 1.807) is 7.11 Å². The predicted molar refractivity (Wildman–Crippen MR) is 130 cm³/mol. The standard InChI is InChI=1S/C22H35N5O3.HI/c1-3-23-22(25-14-17-5-4-9-26(17)11-12-30-2)24-8-10-27-20(28)18-15-6-7-16(13-15)19(18)21(27)29;/h6-7,15-19H,3-5,8-14H2,1-2H3,(H2,23,24,25);1H. The van der Waals surface area contributed by atoms with E-state index in [-0.39, 0.29) is 59.5 Å². The Labute approximate surface area is 202 Å². The largest absolute Gasteiger partial charge is 0.383 e. The molecule has 4 rings (SSSR count). The van der Waals surface area contributed by atoms with Crippen LogP contribution in [0.3, 0.4) is 0 Å². The number of likely N-dealkylation sites (tertiary alicyclic amines) is 2. The highest BCUT2D eigenvalue weighted by atomic mass is 127. The molecule has 3 fully saturated rings. The first kappa shape index (κ1) is 24.4. The average Bonchev–Trinajstić information content (AvgIpc) is 3.51. The van der Waals surface area contributed by atoms with Gasteiger partial charge in [0.2, 0.25) is 11.8 Å². The van der Waals surface area contributed by atoms with Crippen LogP contribution in [0, 0.1) is 23.7 Å². The molecule has 31 heavy (non-hydrogen) atoms. The lowest BCUT2D eigenvalue weighted by Gasteiger charge is -2.23. The van der Waals surface area contributed by atoms with Crippen molar-refractivity contribution in [2.45, 2.75) is 32.2 Å². The number of allylic oxidation sites excluding steroid dienone is 2.